The van der Waals surface area contributed by atoms with Crippen LogP contribution < -0.4 is 0 Å². The molecule has 0 unspecified atom stereocenters. The normalized spacial score (nSPS) is 6.00. The summed E-state index contributed by atoms with van der Waals surface area (Å²) in [7, 11) is 0.120. The van der Waals surface area contributed by atoms with Crippen LogP contribution in [0, 0.1) is 7.43 Å². The van der Waals surface area contributed by atoms with Gasteiger partial charge in [0.05, 0.1) is 0 Å². The van der Waals surface area contributed by atoms with Gasteiger partial charge in [0.25, 0.3) is 0 Å². The van der Waals surface area contributed by atoms with Crippen LogP contribution in [0.1, 0.15) is 0 Å². The minimum absolute atomic E-state index is 0. The molecule has 1 radical (unpaired) electrons. The van der Waals surface area contributed by atoms with E-state index >= 15 is 0 Å². The fourth-order valence-electron chi connectivity index (χ4n) is 0. The average Bonchev–Trinajstić information content (AvgIpc) is 0.811. The molecule has 0 spiro atoms. The van der Waals surface area contributed by atoms with E-state index in [4.69, 9.17) is 0 Å². The SMILES string of the molecule is C[PH+](C)C.[Au].[CH3-]. The monoisotopic (exact) mass is 289 g/mol. The van der Waals surface area contributed by atoms with Crippen molar-refractivity contribution in [3.05, 3.63) is 7.43 Å². The number of hydrogen-bond acceptors (Lipinski definition) is 0. The van der Waals surface area contributed by atoms with E-state index in [2.05, 4.69) is 20.0 Å². The van der Waals surface area contributed by atoms with Gasteiger partial charge in [0.2, 0.25) is 0 Å². The van der Waals surface area contributed by atoms with Gasteiger partial charge in [0.15, 0.2) is 0 Å². The third kappa shape index (κ3) is 65.7. The second-order valence-electron chi connectivity index (χ2n) is 1.50. The molecule has 0 rings (SSSR count). The molecule has 0 heterocycles. The zero-order chi connectivity index (χ0) is 3.58. The summed E-state index contributed by atoms with van der Waals surface area (Å²) in [6, 6.07) is 0. The van der Waals surface area contributed by atoms with Crippen molar-refractivity contribution in [3.63, 3.8) is 0 Å². The van der Waals surface area contributed by atoms with Crippen molar-refractivity contribution in [2.24, 2.45) is 0 Å². The van der Waals surface area contributed by atoms with Crippen LogP contribution in [0.5, 0.6) is 0 Å². The van der Waals surface area contributed by atoms with Gasteiger partial charge in [0, 0.05) is 42.4 Å². The Hall–Kier alpha value is 1.17. The van der Waals surface area contributed by atoms with E-state index < -0.39 is 0 Å². The van der Waals surface area contributed by atoms with Gasteiger partial charge in [-0.25, -0.2) is 0 Å². The number of hydrogen-bond donors (Lipinski definition) is 0. The molecule has 0 fully saturated rings. The van der Waals surface area contributed by atoms with E-state index in [9.17, 15) is 0 Å². The Balaban J connectivity index is -0.0000000450. The van der Waals surface area contributed by atoms with Gasteiger partial charge < -0.3 is 7.43 Å². The summed E-state index contributed by atoms with van der Waals surface area (Å²) in [4.78, 5) is 0. The maximum atomic E-state index is 2.27. The quantitative estimate of drug-likeness (QED) is 0.360. The van der Waals surface area contributed by atoms with Gasteiger partial charge in [-0.15, -0.1) is 0 Å². The Morgan fingerprint density at radius 2 is 1.00 bits per heavy atom. The molecular formula is C4H13AuP. The van der Waals surface area contributed by atoms with E-state index in [0.717, 1.165) is 0 Å². The van der Waals surface area contributed by atoms with Crippen molar-refractivity contribution in [1.82, 2.24) is 0 Å². The standard InChI is InChI=1S/C3H9P.CH3.Au/c1-4(2)3;;/h1-3H3;1H3;/q;-1;/p+1. The molecule has 0 bridgehead atoms. The van der Waals surface area contributed by atoms with Crippen molar-refractivity contribution >= 4 is 7.92 Å². The number of rotatable bonds is 0. The van der Waals surface area contributed by atoms with Crippen LogP contribution in [0.25, 0.3) is 0 Å². The molecule has 2 heteroatoms. The Morgan fingerprint density at radius 1 is 1.00 bits per heavy atom. The molecule has 0 aliphatic rings. The van der Waals surface area contributed by atoms with Crippen molar-refractivity contribution in [3.8, 4) is 0 Å². The van der Waals surface area contributed by atoms with Gasteiger partial charge in [-0.3, -0.25) is 0 Å². The van der Waals surface area contributed by atoms with Crippen molar-refractivity contribution in [2.75, 3.05) is 20.0 Å². The van der Waals surface area contributed by atoms with Crippen molar-refractivity contribution < 1.29 is 22.4 Å². The Morgan fingerprint density at radius 3 is 1.00 bits per heavy atom. The molecule has 45 valence electrons. The summed E-state index contributed by atoms with van der Waals surface area (Å²) in [5, 5.41) is 0. The third-order valence-electron chi connectivity index (χ3n) is 0. The minimum Gasteiger partial charge on any atom is -0.358 e. The Labute approximate surface area is 58.0 Å². The maximum absolute atomic E-state index is 2.27. The van der Waals surface area contributed by atoms with Crippen LogP contribution in [-0.2, 0) is 22.4 Å². The minimum atomic E-state index is 0. The first-order valence-corrected chi connectivity index (χ1v) is 4.50. The van der Waals surface area contributed by atoms with Crippen LogP contribution in [0.4, 0.5) is 0 Å². The van der Waals surface area contributed by atoms with Crippen molar-refractivity contribution in [2.45, 2.75) is 0 Å². The third-order valence-corrected chi connectivity index (χ3v) is 0. The fourth-order valence-corrected chi connectivity index (χ4v) is 0. The molecule has 0 saturated carbocycles. The van der Waals surface area contributed by atoms with Crippen LogP contribution in [0.15, 0.2) is 0 Å². The zero-order valence-corrected chi connectivity index (χ0v) is 7.97. The molecule has 0 aromatic carbocycles. The Bertz CT molecular complexity index is 12.3. The largest absolute Gasteiger partial charge is 0.358 e. The molecule has 6 heavy (non-hydrogen) atoms. The summed E-state index contributed by atoms with van der Waals surface area (Å²) in [5.74, 6) is 0. The van der Waals surface area contributed by atoms with Crippen LogP contribution in [0.3, 0.4) is 0 Å². The molecule has 0 nitrogen and oxygen atoms in total. The van der Waals surface area contributed by atoms with Gasteiger partial charge in [-0.2, -0.15) is 0 Å². The first-order valence-electron chi connectivity index (χ1n) is 1.50. The topological polar surface area (TPSA) is 0 Å². The maximum Gasteiger partial charge on any atom is 0.0461 e. The summed E-state index contributed by atoms with van der Waals surface area (Å²) in [6.07, 6.45) is 0. The summed E-state index contributed by atoms with van der Waals surface area (Å²) < 4.78 is 0. The summed E-state index contributed by atoms with van der Waals surface area (Å²) >= 11 is 0. The first-order chi connectivity index (χ1) is 1.73. The second-order valence-corrected chi connectivity index (χ2v) is 4.50. The molecule has 0 aliphatic heterocycles. The second kappa shape index (κ2) is 9.48. The zero-order valence-electron chi connectivity index (χ0n) is 4.80. The fraction of sp³-hybridized carbons (Fsp3) is 0.750. The van der Waals surface area contributed by atoms with E-state index in [1.165, 1.54) is 0 Å². The average molecular weight is 289 g/mol. The van der Waals surface area contributed by atoms with Crippen LogP contribution in [0.2, 0.25) is 0 Å². The summed E-state index contributed by atoms with van der Waals surface area (Å²) in [6.45, 7) is 6.81. The van der Waals surface area contributed by atoms with E-state index in [1.54, 1.807) is 0 Å². The molecule has 0 atom stereocenters. The van der Waals surface area contributed by atoms with E-state index in [1.807, 2.05) is 0 Å². The van der Waals surface area contributed by atoms with Gasteiger partial charge in [-0.1, -0.05) is 0 Å². The first kappa shape index (κ1) is 15.7. The molecule has 0 aromatic rings. The summed E-state index contributed by atoms with van der Waals surface area (Å²) in [5.41, 5.74) is 0. The van der Waals surface area contributed by atoms with Gasteiger partial charge in [0.1, 0.15) is 0 Å². The van der Waals surface area contributed by atoms with Gasteiger partial charge >= 0.3 is 0 Å². The molecule has 0 aromatic heterocycles. The van der Waals surface area contributed by atoms with Gasteiger partial charge in [-0.05, 0) is 7.92 Å². The molecular weight excluding hydrogens is 276 g/mol. The Kier molecular flexibility index (Phi) is 24.8. The van der Waals surface area contributed by atoms with E-state index in [-0.39, 0.29) is 37.7 Å². The van der Waals surface area contributed by atoms with E-state index in [0.29, 0.717) is 0 Å². The molecule has 0 amide bonds. The predicted octanol–water partition coefficient (Wildman–Crippen LogP) is 1.54. The van der Waals surface area contributed by atoms with Crippen LogP contribution in [-0.4, -0.2) is 20.0 Å². The smallest absolute Gasteiger partial charge is 0.0461 e. The molecule has 0 N–H and O–H groups in total. The van der Waals surface area contributed by atoms with Crippen LogP contribution >= 0.6 is 7.92 Å². The predicted molar refractivity (Wildman–Crippen MR) is 32.5 cm³/mol. The molecule has 0 saturated heterocycles. The van der Waals surface area contributed by atoms with Crippen molar-refractivity contribution in [1.29, 1.82) is 0 Å². The molecule has 0 aliphatic carbocycles.